The Kier molecular flexibility index (Phi) is 9.47. The van der Waals surface area contributed by atoms with Gasteiger partial charge in [0.15, 0.2) is 5.96 Å². The highest BCUT2D eigenvalue weighted by atomic mass is 127. The zero-order valence-electron chi connectivity index (χ0n) is 14.5. The lowest BCUT2D eigenvalue weighted by molar-refractivity contribution is 0.271. The number of hydrogen-bond acceptors (Lipinski definition) is 3. The maximum atomic E-state index is 4.86. The van der Waals surface area contributed by atoms with E-state index in [1.807, 2.05) is 11.8 Å². The van der Waals surface area contributed by atoms with Gasteiger partial charge in [0.25, 0.3) is 0 Å². The van der Waals surface area contributed by atoms with Crippen LogP contribution in [0.3, 0.4) is 0 Å². The topological polar surface area (TPSA) is 39.7 Å². The van der Waals surface area contributed by atoms with Gasteiger partial charge < -0.3 is 15.5 Å². The van der Waals surface area contributed by atoms with Crippen molar-refractivity contribution in [2.24, 2.45) is 10.9 Å². The van der Waals surface area contributed by atoms with Gasteiger partial charge in [0.05, 0.1) is 6.54 Å². The molecule has 0 heterocycles. The van der Waals surface area contributed by atoms with Crippen LogP contribution in [0.25, 0.3) is 0 Å². The Morgan fingerprint density at radius 1 is 1.27 bits per heavy atom. The Bertz CT molecular complexity index is 345. The van der Waals surface area contributed by atoms with E-state index in [1.165, 1.54) is 32.1 Å². The van der Waals surface area contributed by atoms with Crippen molar-refractivity contribution >= 4 is 41.7 Å². The molecule has 0 aliphatic heterocycles. The number of likely N-dealkylation sites (N-methyl/N-ethyl adjacent to an activating group) is 1. The highest BCUT2D eigenvalue weighted by molar-refractivity contribution is 14.0. The summed E-state index contributed by atoms with van der Waals surface area (Å²) in [7, 11) is 4.36. The van der Waals surface area contributed by atoms with Gasteiger partial charge in [0.1, 0.15) is 0 Å². The molecule has 0 aromatic rings. The second-order valence-electron chi connectivity index (χ2n) is 6.60. The molecule has 0 spiro atoms. The van der Waals surface area contributed by atoms with E-state index in [0.717, 1.165) is 30.2 Å². The summed E-state index contributed by atoms with van der Waals surface area (Å²) < 4.78 is 0. The van der Waals surface area contributed by atoms with Crippen molar-refractivity contribution in [3.63, 3.8) is 0 Å². The molecule has 2 fully saturated rings. The van der Waals surface area contributed by atoms with Gasteiger partial charge in [-0.25, -0.2) is 0 Å². The molecule has 0 amide bonds. The third kappa shape index (κ3) is 6.43. The highest BCUT2D eigenvalue weighted by Crippen LogP contribution is 2.34. The number of nitrogens with zero attached hydrogens (tertiary/aromatic N) is 2. The number of nitrogens with one attached hydrogen (secondary N) is 2. The molecule has 3 unspecified atom stereocenters. The van der Waals surface area contributed by atoms with Crippen LogP contribution in [0.2, 0.25) is 0 Å². The Balaban J connectivity index is 0.00000242. The molecule has 6 heteroatoms. The summed E-state index contributed by atoms with van der Waals surface area (Å²) in [6, 6.07) is 1.20. The van der Waals surface area contributed by atoms with Crippen LogP contribution in [0.15, 0.2) is 4.99 Å². The molecule has 0 aromatic heterocycles. The first-order chi connectivity index (χ1) is 10.1. The predicted molar refractivity (Wildman–Crippen MR) is 110 cm³/mol. The zero-order valence-corrected chi connectivity index (χ0v) is 17.6. The van der Waals surface area contributed by atoms with Crippen molar-refractivity contribution < 1.29 is 0 Å². The Hall–Kier alpha value is 0.310. The molecule has 2 aliphatic rings. The quantitative estimate of drug-likeness (QED) is 0.363. The lowest BCUT2D eigenvalue weighted by atomic mass is 10.2. The van der Waals surface area contributed by atoms with Crippen LogP contribution in [-0.4, -0.2) is 61.6 Å². The van der Waals surface area contributed by atoms with Crippen molar-refractivity contribution in [1.29, 1.82) is 0 Å². The van der Waals surface area contributed by atoms with E-state index in [-0.39, 0.29) is 24.0 Å². The summed E-state index contributed by atoms with van der Waals surface area (Å²) in [4.78, 5) is 7.19. The van der Waals surface area contributed by atoms with Gasteiger partial charge in [-0.15, -0.1) is 24.0 Å². The molecule has 2 rings (SSSR count). The van der Waals surface area contributed by atoms with Gasteiger partial charge >= 0.3 is 0 Å². The first-order valence-electron chi connectivity index (χ1n) is 8.38. The number of halogens is 1. The maximum Gasteiger partial charge on any atom is 0.191 e. The normalized spacial score (nSPS) is 26.7. The fraction of sp³-hybridized carbons (Fsp3) is 0.938. The standard InChI is InChI=1S/C16H32N4S.HI/c1-5-17-16(19-13-8-9-14(10-13)21-4)18-11-15(20(2)3)12-6-7-12;/h12-15H,5-11H2,1-4H3,(H2,17,18,19);1H. The van der Waals surface area contributed by atoms with E-state index in [0.29, 0.717) is 12.1 Å². The summed E-state index contributed by atoms with van der Waals surface area (Å²) in [5.41, 5.74) is 0. The molecule has 0 radical (unpaired) electrons. The van der Waals surface area contributed by atoms with Crippen LogP contribution < -0.4 is 10.6 Å². The van der Waals surface area contributed by atoms with Crippen LogP contribution in [0, 0.1) is 5.92 Å². The molecule has 4 nitrogen and oxygen atoms in total. The number of hydrogen-bond donors (Lipinski definition) is 2. The van der Waals surface area contributed by atoms with E-state index in [1.54, 1.807) is 0 Å². The molecule has 0 bridgehead atoms. The van der Waals surface area contributed by atoms with Crippen LogP contribution >= 0.6 is 35.7 Å². The van der Waals surface area contributed by atoms with Crippen molar-refractivity contribution in [3.8, 4) is 0 Å². The number of guanidine groups is 1. The number of thioether (sulfide) groups is 1. The van der Waals surface area contributed by atoms with Gasteiger partial charge in [0.2, 0.25) is 0 Å². The number of aliphatic imine (C=N–C) groups is 1. The summed E-state index contributed by atoms with van der Waals surface area (Å²) in [6.07, 6.45) is 8.85. The largest absolute Gasteiger partial charge is 0.357 e. The first-order valence-corrected chi connectivity index (χ1v) is 9.66. The van der Waals surface area contributed by atoms with Crippen molar-refractivity contribution in [1.82, 2.24) is 15.5 Å². The average molecular weight is 440 g/mol. The minimum Gasteiger partial charge on any atom is -0.357 e. The van der Waals surface area contributed by atoms with E-state index in [2.05, 4.69) is 42.8 Å². The molecule has 3 atom stereocenters. The van der Waals surface area contributed by atoms with E-state index >= 15 is 0 Å². The van der Waals surface area contributed by atoms with Crippen molar-refractivity contribution in [3.05, 3.63) is 0 Å². The lowest BCUT2D eigenvalue weighted by Crippen LogP contribution is -2.43. The molecule has 2 saturated carbocycles. The second-order valence-corrected chi connectivity index (χ2v) is 7.74. The Morgan fingerprint density at radius 3 is 2.50 bits per heavy atom. The zero-order chi connectivity index (χ0) is 15.2. The monoisotopic (exact) mass is 440 g/mol. The predicted octanol–water partition coefficient (Wildman–Crippen LogP) is 2.78. The summed E-state index contributed by atoms with van der Waals surface area (Å²) in [5, 5.41) is 7.88. The van der Waals surface area contributed by atoms with Crippen molar-refractivity contribution in [2.75, 3.05) is 33.4 Å². The van der Waals surface area contributed by atoms with E-state index < -0.39 is 0 Å². The highest BCUT2D eigenvalue weighted by Gasteiger charge is 2.32. The minimum absolute atomic E-state index is 0. The molecular weight excluding hydrogens is 407 g/mol. The first kappa shape index (κ1) is 20.4. The van der Waals surface area contributed by atoms with Crippen LogP contribution in [0.4, 0.5) is 0 Å². The molecular formula is C16H33IN4S. The van der Waals surface area contributed by atoms with E-state index in [4.69, 9.17) is 4.99 Å². The second kappa shape index (κ2) is 10.2. The molecule has 22 heavy (non-hydrogen) atoms. The van der Waals surface area contributed by atoms with Gasteiger partial charge in [-0.05, 0) is 65.3 Å². The average Bonchev–Trinajstić information content (AvgIpc) is 3.18. The number of rotatable bonds is 7. The Morgan fingerprint density at radius 2 is 2.00 bits per heavy atom. The third-order valence-corrected chi connectivity index (χ3v) is 5.76. The van der Waals surface area contributed by atoms with Crippen molar-refractivity contribution in [2.45, 2.75) is 56.4 Å². The Labute approximate surface area is 157 Å². The van der Waals surface area contributed by atoms with Crippen LogP contribution in [-0.2, 0) is 0 Å². The molecule has 0 saturated heterocycles. The minimum atomic E-state index is 0. The molecule has 2 aliphatic carbocycles. The molecule has 130 valence electrons. The van der Waals surface area contributed by atoms with Gasteiger partial charge in [0, 0.05) is 23.9 Å². The van der Waals surface area contributed by atoms with Crippen LogP contribution in [0.1, 0.15) is 39.0 Å². The fourth-order valence-corrected chi connectivity index (χ4v) is 4.00. The van der Waals surface area contributed by atoms with E-state index in [9.17, 15) is 0 Å². The third-order valence-electron chi connectivity index (χ3n) is 4.67. The van der Waals surface area contributed by atoms with Crippen LogP contribution in [0.5, 0.6) is 0 Å². The smallest absolute Gasteiger partial charge is 0.191 e. The SMILES string of the molecule is CCNC(=NCC(C1CC1)N(C)C)NC1CCC(SC)C1.I. The lowest BCUT2D eigenvalue weighted by Gasteiger charge is -2.23. The summed E-state index contributed by atoms with van der Waals surface area (Å²) in [6.45, 7) is 3.98. The van der Waals surface area contributed by atoms with Gasteiger partial charge in [-0.3, -0.25) is 4.99 Å². The molecule has 0 aromatic carbocycles. The van der Waals surface area contributed by atoms with Gasteiger partial charge in [-0.1, -0.05) is 0 Å². The maximum absolute atomic E-state index is 4.86. The summed E-state index contributed by atoms with van der Waals surface area (Å²) in [5.74, 6) is 1.87. The summed E-state index contributed by atoms with van der Waals surface area (Å²) >= 11 is 2.00. The fourth-order valence-electron chi connectivity index (χ4n) is 3.20. The molecule has 2 N–H and O–H groups in total. The van der Waals surface area contributed by atoms with Gasteiger partial charge in [-0.2, -0.15) is 11.8 Å².